The number of pyridine rings is 3. The summed E-state index contributed by atoms with van der Waals surface area (Å²) in [7, 11) is -3.44. The first kappa shape index (κ1) is 26.7. The quantitative estimate of drug-likeness (QED) is 0.377. The molecule has 202 valence electrons. The first-order chi connectivity index (χ1) is 18.6. The Hall–Kier alpha value is -3.89. The van der Waals surface area contributed by atoms with Crippen LogP contribution in [-0.2, 0) is 16.4 Å². The molecule has 2 N–H and O–H groups in total. The third kappa shape index (κ3) is 5.91. The number of hydrogen-bond acceptors (Lipinski definition) is 8. The second kappa shape index (κ2) is 10.7. The van der Waals surface area contributed by atoms with E-state index < -0.39 is 9.84 Å². The lowest BCUT2D eigenvalue weighted by atomic mass is 9.97. The first-order valence-corrected chi connectivity index (χ1v) is 14.7. The average Bonchev–Trinajstić information content (AvgIpc) is 2.92. The van der Waals surface area contributed by atoms with Crippen molar-refractivity contribution in [3.63, 3.8) is 0 Å². The average molecular weight is 546 g/mol. The maximum absolute atomic E-state index is 12.7. The first-order valence-electron chi connectivity index (χ1n) is 12.8. The molecule has 1 aliphatic heterocycles. The van der Waals surface area contributed by atoms with Gasteiger partial charge in [-0.1, -0.05) is 19.1 Å². The van der Waals surface area contributed by atoms with Gasteiger partial charge in [0.05, 0.1) is 40.1 Å². The molecule has 1 aliphatic rings. The number of fused-ring (bicyclic) bond motifs is 1. The van der Waals surface area contributed by atoms with Crippen molar-refractivity contribution >= 4 is 32.5 Å². The fourth-order valence-corrected chi connectivity index (χ4v) is 5.79. The highest BCUT2D eigenvalue weighted by Crippen LogP contribution is 2.26. The zero-order valence-electron chi connectivity index (χ0n) is 22.1. The van der Waals surface area contributed by atoms with E-state index in [1.54, 1.807) is 25.3 Å². The lowest BCUT2D eigenvalue weighted by Gasteiger charge is -2.35. The molecule has 4 aromatic rings. The van der Waals surface area contributed by atoms with Gasteiger partial charge in [-0.3, -0.25) is 9.78 Å². The number of nitrogens with one attached hydrogen (secondary N) is 1. The van der Waals surface area contributed by atoms with Gasteiger partial charge in [0.1, 0.15) is 5.82 Å². The highest BCUT2D eigenvalue weighted by molar-refractivity contribution is 7.90. The number of sulfone groups is 1. The Morgan fingerprint density at radius 3 is 2.67 bits per heavy atom. The Morgan fingerprint density at radius 2 is 1.90 bits per heavy atom. The van der Waals surface area contributed by atoms with E-state index in [-0.39, 0.29) is 34.9 Å². The molecule has 2 unspecified atom stereocenters. The number of hydrogen-bond donors (Lipinski definition) is 2. The van der Waals surface area contributed by atoms with Crippen LogP contribution in [0.3, 0.4) is 0 Å². The van der Waals surface area contributed by atoms with Gasteiger partial charge in [-0.15, -0.1) is 0 Å². The van der Waals surface area contributed by atoms with Crippen LogP contribution >= 0.6 is 0 Å². The van der Waals surface area contributed by atoms with Gasteiger partial charge in [0.15, 0.2) is 9.84 Å². The van der Waals surface area contributed by atoms with Crippen LogP contribution in [0.4, 0.5) is 5.82 Å². The van der Waals surface area contributed by atoms with Gasteiger partial charge in [-0.2, -0.15) is 0 Å². The van der Waals surface area contributed by atoms with Crippen LogP contribution in [0.15, 0.2) is 65.7 Å². The van der Waals surface area contributed by atoms with E-state index in [4.69, 9.17) is 9.97 Å². The van der Waals surface area contributed by atoms with Gasteiger partial charge < -0.3 is 15.3 Å². The van der Waals surface area contributed by atoms with Crippen molar-refractivity contribution in [1.29, 1.82) is 0 Å². The second-order valence-corrected chi connectivity index (χ2v) is 12.1. The van der Waals surface area contributed by atoms with E-state index in [1.165, 1.54) is 6.07 Å². The molecule has 1 amide bonds. The molecule has 0 radical (unpaired) electrons. The predicted octanol–water partition coefficient (Wildman–Crippen LogP) is 3.54. The summed E-state index contributed by atoms with van der Waals surface area (Å²) in [4.78, 5) is 29.2. The molecule has 9 nitrogen and oxygen atoms in total. The molecule has 1 aromatic carbocycles. The molecular formula is C29H31N5O4S. The molecule has 10 heteroatoms. The van der Waals surface area contributed by atoms with Crippen LogP contribution in [0.5, 0.6) is 0 Å². The highest BCUT2D eigenvalue weighted by atomic mass is 32.2. The number of carbonyl (C=O) groups is 1. The number of nitrogens with zero attached hydrogens (tertiary/aromatic N) is 4. The lowest BCUT2D eigenvalue weighted by molar-refractivity contribution is 0.0949. The number of aromatic nitrogens is 3. The van der Waals surface area contributed by atoms with Gasteiger partial charge >= 0.3 is 0 Å². The number of anilines is 1. The third-order valence-electron chi connectivity index (χ3n) is 7.09. The maximum Gasteiger partial charge on any atom is 0.251 e. The minimum Gasteiger partial charge on any atom is -0.393 e. The highest BCUT2D eigenvalue weighted by Gasteiger charge is 2.25. The van der Waals surface area contributed by atoms with Crippen LogP contribution in [0.2, 0.25) is 0 Å². The monoisotopic (exact) mass is 545 g/mol. The number of carbonyl (C=O) groups excluding carboxylic acids is 1. The van der Waals surface area contributed by atoms with Gasteiger partial charge in [0.25, 0.3) is 5.91 Å². The van der Waals surface area contributed by atoms with E-state index in [0.717, 1.165) is 53.9 Å². The molecule has 0 saturated carbocycles. The molecule has 2 atom stereocenters. The number of aliphatic hydroxyl groups excluding tert-OH is 1. The van der Waals surface area contributed by atoms with E-state index in [0.29, 0.717) is 11.3 Å². The Bertz CT molecular complexity index is 1660. The van der Waals surface area contributed by atoms with E-state index in [9.17, 15) is 18.3 Å². The maximum atomic E-state index is 12.7. The Balaban J connectivity index is 1.33. The summed E-state index contributed by atoms with van der Waals surface area (Å²) >= 11 is 0. The third-order valence-corrected chi connectivity index (χ3v) is 8.33. The van der Waals surface area contributed by atoms with E-state index in [1.807, 2.05) is 43.3 Å². The van der Waals surface area contributed by atoms with Crippen LogP contribution in [0.25, 0.3) is 22.3 Å². The van der Waals surface area contributed by atoms with Gasteiger partial charge in [0, 0.05) is 36.5 Å². The van der Waals surface area contributed by atoms with Crippen LogP contribution in [0.1, 0.15) is 35.0 Å². The molecule has 4 heterocycles. The number of benzene rings is 1. The summed E-state index contributed by atoms with van der Waals surface area (Å²) < 4.78 is 24.0. The van der Waals surface area contributed by atoms with Crippen molar-refractivity contribution in [2.45, 2.75) is 37.8 Å². The summed E-state index contributed by atoms with van der Waals surface area (Å²) in [6, 6.07) is 16.2. The van der Waals surface area contributed by atoms with Crippen LogP contribution < -0.4 is 10.2 Å². The Labute approximate surface area is 227 Å². The summed E-state index contributed by atoms with van der Waals surface area (Å²) in [5, 5.41) is 13.7. The molecule has 0 spiro atoms. The molecular weight excluding hydrogens is 514 g/mol. The second-order valence-electron chi connectivity index (χ2n) is 10.2. The number of amides is 1. The topological polar surface area (TPSA) is 125 Å². The number of rotatable bonds is 6. The fraction of sp³-hybridized carbons (Fsp3) is 0.310. The van der Waals surface area contributed by atoms with Gasteiger partial charge in [-0.05, 0) is 67.3 Å². The van der Waals surface area contributed by atoms with Gasteiger partial charge in [-0.25, -0.2) is 18.4 Å². The smallest absolute Gasteiger partial charge is 0.251 e. The van der Waals surface area contributed by atoms with Crippen molar-refractivity contribution in [3.8, 4) is 11.4 Å². The zero-order chi connectivity index (χ0) is 27.7. The summed E-state index contributed by atoms with van der Waals surface area (Å²) in [6.07, 6.45) is 3.28. The SMILES string of the molecule is Cc1ccc(C(=O)NCc2cc3nc(-c4cccc(N5CCC(O)C(C)C5)n4)ccc3cn2)cc1S(C)(=O)=O. The minimum atomic E-state index is -3.44. The molecule has 5 rings (SSSR count). The van der Waals surface area contributed by atoms with Crippen molar-refractivity contribution < 1.29 is 18.3 Å². The van der Waals surface area contributed by atoms with Crippen LogP contribution in [0, 0.1) is 12.8 Å². The largest absolute Gasteiger partial charge is 0.393 e. The summed E-state index contributed by atoms with van der Waals surface area (Å²) in [5.74, 6) is 0.660. The zero-order valence-corrected chi connectivity index (χ0v) is 22.9. The molecule has 0 bridgehead atoms. The van der Waals surface area contributed by atoms with Crippen molar-refractivity contribution in [1.82, 2.24) is 20.3 Å². The van der Waals surface area contributed by atoms with Gasteiger partial charge in [0.2, 0.25) is 0 Å². The molecule has 39 heavy (non-hydrogen) atoms. The Morgan fingerprint density at radius 1 is 1.10 bits per heavy atom. The van der Waals surface area contributed by atoms with Crippen molar-refractivity contribution in [2.24, 2.45) is 5.92 Å². The molecule has 1 saturated heterocycles. The summed E-state index contributed by atoms with van der Waals surface area (Å²) in [6.45, 7) is 5.42. The van der Waals surface area contributed by atoms with Crippen molar-refractivity contribution in [3.05, 3.63) is 77.6 Å². The van der Waals surface area contributed by atoms with E-state index in [2.05, 4.69) is 15.2 Å². The molecule has 3 aromatic heterocycles. The van der Waals surface area contributed by atoms with E-state index >= 15 is 0 Å². The number of aryl methyl sites for hydroxylation is 1. The minimum absolute atomic E-state index is 0.140. The molecule has 0 aliphatic carbocycles. The molecule has 1 fully saturated rings. The number of piperidine rings is 1. The standard InChI is InChI=1S/C29H31N5O4S/c1-18-7-8-20(13-27(18)39(3,37)38)29(36)31-16-22-14-25-21(15-30-22)9-10-24(32-25)23-5-4-6-28(33-23)34-12-11-26(35)19(2)17-34/h4-10,13-15,19,26,35H,11-12,16-17H2,1-3H3,(H,31,36). The van der Waals surface area contributed by atoms with Crippen LogP contribution in [-0.4, -0.2) is 59.8 Å². The number of aliphatic hydroxyl groups is 1. The summed E-state index contributed by atoms with van der Waals surface area (Å²) in [5.41, 5.74) is 3.69. The predicted molar refractivity (Wildman–Crippen MR) is 150 cm³/mol. The van der Waals surface area contributed by atoms with Crippen molar-refractivity contribution in [2.75, 3.05) is 24.2 Å². The fourth-order valence-electron chi connectivity index (χ4n) is 4.79. The Kier molecular flexibility index (Phi) is 7.33. The lowest BCUT2D eigenvalue weighted by Crippen LogP contribution is -2.42. The normalized spacial score (nSPS) is 17.8.